The number of fused-ring (bicyclic) bond motifs is 1. The van der Waals surface area contributed by atoms with E-state index in [2.05, 4.69) is 17.0 Å². The molecule has 0 N–H and O–H groups in total. The Balaban J connectivity index is 1.53. The second-order valence-electron chi connectivity index (χ2n) is 6.10. The zero-order valence-corrected chi connectivity index (χ0v) is 14.6. The average Bonchev–Trinajstić information content (AvgIpc) is 2.96. The number of ether oxygens (including phenoxy) is 2. The summed E-state index contributed by atoms with van der Waals surface area (Å²) in [5.41, 5.74) is 1.13. The molecule has 2 aliphatic rings. The van der Waals surface area contributed by atoms with Crippen LogP contribution in [0.2, 0.25) is 0 Å². The molecule has 1 fully saturated rings. The van der Waals surface area contributed by atoms with Gasteiger partial charge in [-0.2, -0.15) is 4.31 Å². The van der Waals surface area contributed by atoms with Gasteiger partial charge in [0.2, 0.25) is 16.8 Å². The second-order valence-corrected chi connectivity index (χ2v) is 8.03. The molecule has 0 amide bonds. The Kier molecular flexibility index (Phi) is 4.27. The third-order valence-electron chi connectivity index (χ3n) is 4.56. The highest BCUT2D eigenvalue weighted by molar-refractivity contribution is 7.89. The van der Waals surface area contributed by atoms with E-state index in [1.165, 1.54) is 0 Å². The van der Waals surface area contributed by atoms with Crippen molar-refractivity contribution >= 4 is 15.7 Å². The van der Waals surface area contributed by atoms with E-state index in [1.807, 2.05) is 18.2 Å². The Morgan fingerprint density at radius 2 is 1.64 bits per heavy atom. The number of benzene rings is 2. The van der Waals surface area contributed by atoms with Gasteiger partial charge in [-0.15, -0.1) is 0 Å². The van der Waals surface area contributed by atoms with Crippen LogP contribution < -0.4 is 14.4 Å². The van der Waals surface area contributed by atoms with Crippen LogP contribution >= 0.6 is 0 Å². The van der Waals surface area contributed by atoms with Gasteiger partial charge in [0.25, 0.3) is 0 Å². The summed E-state index contributed by atoms with van der Waals surface area (Å²) in [5, 5.41) is 0. The monoisotopic (exact) mass is 360 g/mol. The highest BCUT2D eigenvalue weighted by atomic mass is 32.2. The van der Waals surface area contributed by atoms with Crippen molar-refractivity contribution < 1.29 is 17.9 Å². The fourth-order valence-electron chi connectivity index (χ4n) is 3.22. The molecule has 0 radical (unpaired) electrons. The summed E-state index contributed by atoms with van der Waals surface area (Å²) in [6, 6.07) is 14.9. The topological polar surface area (TPSA) is 59.1 Å². The molecule has 4 rings (SSSR count). The molecule has 7 heteroatoms. The maximum absolute atomic E-state index is 13.0. The van der Waals surface area contributed by atoms with Crippen LogP contribution in [-0.4, -0.2) is 45.7 Å². The van der Waals surface area contributed by atoms with Gasteiger partial charge in [0.1, 0.15) is 0 Å². The average molecular weight is 360 g/mol. The molecule has 0 atom stereocenters. The van der Waals surface area contributed by atoms with Crippen molar-refractivity contribution in [1.29, 1.82) is 0 Å². The smallest absolute Gasteiger partial charge is 0.243 e. The van der Waals surface area contributed by atoms with Crippen molar-refractivity contribution in [2.45, 2.75) is 11.3 Å². The third-order valence-corrected chi connectivity index (χ3v) is 6.45. The standard InChI is InChI=1S/C18H20N2O4S/c21-25(22,16-7-8-17-18(13-16)24-14-23-17)20-10-4-9-19(11-12-20)15-5-2-1-3-6-15/h1-3,5-8,13H,4,9-12,14H2. The van der Waals surface area contributed by atoms with Crippen LogP contribution in [0.4, 0.5) is 5.69 Å². The van der Waals surface area contributed by atoms with Crippen molar-refractivity contribution in [3.8, 4) is 11.5 Å². The Hall–Kier alpha value is -2.25. The zero-order valence-electron chi connectivity index (χ0n) is 13.8. The maximum atomic E-state index is 13.0. The lowest BCUT2D eigenvalue weighted by atomic mass is 10.3. The van der Waals surface area contributed by atoms with Crippen molar-refractivity contribution in [3.63, 3.8) is 0 Å². The van der Waals surface area contributed by atoms with Gasteiger partial charge in [-0.05, 0) is 30.7 Å². The SMILES string of the molecule is O=S(=O)(c1ccc2c(c1)OCO2)N1CCCN(c2ccccc2)CC1. The molecule has 0 bridgehead atoms. The molecule has 2 aliphatic heterocycles. The number of hydrogen-bond acceptors (Lipinski definition) is 5. The van der Waals surface area contributed by atoms with Crippen molar-refractivity contribution in [1.82, 2.24) is 4.31 Å². The number of hydrogen-bond donors (Lipinski definition) is 0. The van der Waals surface area contributed by atoms with Gasteiger partial charge >= 0.3 is 0 Å². The molecular weight excluding hydrogens is 340 g/mol. The van der Waals surface area contributed by atoms with Gasteiger partial charge < -0.3 is 14.4 Å². The molecule has 2 aromatic carbocycles. The van der Waals surface area contributed by atoms with Crippen LogP contribution in [0, 0.1) is 0 Å². The van der Waals surface area contributed by atoms with E-state index in [9.17, 15) is 8.42 Å². The molecule has 2 heterocycles. The molecular formula is C18H20N2O4S. The Morgan fingerprint density at radius 1 is 0.840 bits per heavy atom. The van der Waals surface area contributed by atoms with Crippen LogP contribution in [0.25, 0.3) is 0 Å². The summed E-state index contributed by atoms with van der Waals surface area (Å²) >= 11 is 0. The molecule has 0 aliphatic carbocycles. The van der Waals surface area contributed by atoms with Crippen molar-refractivity contribution in [2.24, 2.45) is 0 Å². The number of para-hydroxylation sites is 1. The summed E-state index contributed by atoms with van der Waals surface area (Å²) in [4.78, 5) is 2.49. The molecule has 25 heavy (non-hydrogen) atoms. The van der Waals surface area contributed by atoms with E-state index < -0.39 is 10.0 Å². The first kappa shape index (κ1) is 16.2. The van der Waals surface area contributed by atoms with E-state index in [-0.39, 0.29) is 11.7 Å². The minimum Gasteiger partial charge on any atom is -0.454 e. The molecule has 6 nitrogen and oxygen atoms in total. The number of rotatable bonds is 3. The first-order valence-electron chi connectivity index (χ1n) is 8.34. The number of anilines is 1. The molecule has 0 unspecified atom stereocenters. The molecule has 0 spiro atoms. The van der Waals surface area contributed by atoms with Crippen LogP contribution in [-0.2, 0) is 10.0 Å². The highest BCUT2D eigenvalue weighted by Crippen LogP contribution is 2.34. The Morgan fingerprint density at radius 3 is 2.48 bits per heavy atom. The van der Waals surface area contributed by atoms with Gasteiger partial charge in [-0.25, -0.2) is 8.42 Å². The largest absolute Gasteiger partial charge is 0.454 e. The fraction of sp³-hybridized carbons (Fsp3) is 0.333. The van der Waals surface area contributed by atoms with Crippen LogP contribution in [0.1, 0.15) is 6.42 Å². The number of nitrogens with zero attached hydrogens (tertiary/aromatic N) is 2. The minimum atomic E-state index is -3.54. The van der Waals surface area contributed by atoms with Gasteiger partial charge in [-0.3, -0.25) is 0 Å². The number of sulfonamides is 1. The lowest BCUT2D eigenvalue weighted by Crippen LogP contribution is -2.35. The van der Waals surface area contributed by atoms with Crippen LogP contribution in [0.5, 0.6) is 11.5 Å². The maximum Gasteiger partial charge on any atom is 0.243 e. The van der Waals surface area contributed by atoms with Crippen molar-refractivity contribution in [3.05, 3.63) is 48.5 Å². The van der Waals surface area contributed by atoms with E-state index in [0.29, 0.717) is 31.1 Å². The normalized spacial score (nSPS) is 18.2. The lowest BCUT2D eigenvalue weighted by molar-refractivity contribution is 0.174. The Labute approximate surface area is 147 Å². The summed E-state index contributed by atoms with van der Waals surface area (Å²) in [6.45, 7) is 2.63. The molecule has 1 saturated heterocycles. The fourth-order valence-corrected chi connectivity index (χ4v) is 4.70. The summed E-state index contributed by atoms with van der Waals surface area (Å²) in [6.07, 6.45) is 0.790. The Bertz CT molecular complexity index is 855. The van der Waals surface area contributed by atoms with Crippen molar-refractivity contribution in [2.75, 3.05) is 37.9 Å². The predicted octanol–water partition coefficient (Wildman–Crippen LogP) is 2.32. The highest BCUT2D eigenvalue weighted by Gasteiger charge is 2.28. The van der Waals surface area contributed by atoms with E-state index in [4.69, 9.17) is 9.47 Å². The van der Waals surface area contributed by atoms with E-state index in [0.717, 1.165) is 18.7 Å². The summed E-state index contributed by atoms with van der Waals surface area (Å²) < 4.78 is 38.1. The summed E-state index contributed by atoms with van der Waals surface area (Å²) in [7, 11) is -3.54. The van der Waals surface area contributed by atoms with Gasteiger partial charge in [0.05, 0.1) is 4.90 Å². The lowest BCUT2D eigenvalue weighted by Gasteiger charge is -2.23. The second kappa shape index (κ2) is 6.57. The molecule has 2 aromatic rings. The first-order chi connectivity index (χ1) is 12.1. The zero-order chi connectivity index (χ0) is 17.3. The first-order valence-corrected chi connectivity index (χ1v) is 9.78. The van der Waals surface area contributed by atoms with Gasteiger partial charge in [0.15, 0.2) is 11.5 Å². The molecule has 0 aromatic heterocycles. The van der Waals surface area contributed by atoms with Gasteiger partial charge in [0, 0.05) is 37.9 Å². The minimum absolute atomic E-state index is 0.134. The van der Waals surface area contributed by atoms with E-state index in [1.54, 1.807) is 22.5 Å². The predicted molar refractivity (Wildman–Crippen MR) is 94.6 cm³/mol. The molecule has 0 saturated carbocycles. The summed E-state index contributed by atoms with van der Waals surface area (Å²) in [5.74, 6) is 1.08. The molecule has 132 valence electrons. The van der Waals surface area contributed by atoms with Gasteiger partial charge in [-0.1, -0.05) is 18.2 Å². The van der Waals surface area contributed by atoms with Crippen LogP contribution in [0.3, 0.4) is 0 Å². The van der Waals surface area contributed by atoms with E-state index >= 15 is 0 Å². The quantitative estimate of drug-likeness (QED) is 0.841. The van der Waals surface area contributed by atoms with Crippen LogP contribution in [0.15, 0.2) is 53.4 Å². The third kappa shape index (κ3) is 3.17.